The Balaban J connectivity index is 1.56. The summed E-state index contributed by atoms with van der Waals surface area (Å²) in [5, 5.41) is 3.06. The van der Waals surface area contributed by atoms with Gasteiger partial charge in [0.15, 0.2) is 0 Å². The Morgan fingerprint density at radius 1 is 1.25 bits per heavy atom. The zero-order valence-corrected chi connectivity index (χ0v) is 13.1. The van der Waals surface area contributed by atoms with E-state index in [4.69, 9.17) is 4.74 Å². The summed E-state index contributed by atoms with van der Waals surface area (Å²) in [7, 11) is 0. The highest BCUT2D eigenvalue weighted by atomic mass is 16.5. The maximum absolute atomic E-state index is 11.9. The quantitative estimate of drug-likeness (QED) is 0.741. The lowest BCUT2D eigenvalue weighted by molar-refractivity contribution is -0.132. The first kappa shape index (κ1) is 15.8. The molecule has 0 aromatic heterocycles. The fourth-order valence-corrected chi connectivity index (χ4v) is 2.76. The van der Waals surface area contributed by atoms with Crippen molar-refractivity contribution < 1.29 is 9.53 Å². The second-order valence-electron chi connectivity index (χ2n) is 6.45. The number of ether oxygens (including phenoxy) is 1. The number of amides is 1. The van der Waals surface area contributed by atoms with Gasteiger partial charge in [-0.2, -0.15) is 0 Å². The molecule has 1 aliphatic heterocycles. The van der Waals surface area contributed by atoms with E-state index in [2.05, 4.69) is 17.1 Å². The van der Waals surface area contributed by atoms with E-state index in [1.165, 1.54) is 51.7 Å². The van der Waals surface area contributed by atoms with E-state index < -0.39 is 0 Å². The van der Waals surface area contributed by atoms with Gasteiger partial charge in [-0.15, -0.1) is 0 Å². The van der Waals surface area contributed by atoms with Gasteiger partial charge in [0.2, 0.25) is 5.91 Å². The van der Waals surface area contributed by atoms with Crippen molar-refractivity contribution >= 4 is 5.91 Å². The maximum Gasteiger partial charge on any atom is 0.248 e. The van der Waals surface area contributed by atoms with Crippen LogP contribution in [0.25, 0.3) is 0 Å². The molecule has 116 valence electrons. The molecule has 2 fully saturated rings. The predicted octanol–water partition coefficient (Wildman–Crippen LogP) is 2.04. The first-order valence-corrected chi connectivity index (χ1v) is 8.30. The van der Waals surface area contributed by atoms with Gasteiger partial charge in [0, 0.05) is 6.54 Å². The summed E-state index contributed by atoms with van der Waals surface area (Å²) in [5.74, 6) is 1.41. The van der Waals surface area contributed by atoms with Gasteiger partial charge in [0.05, 0.1) is 6.61 Å². The summed E-state index contributed by atoms with van der Waals surface area (Å²) in [6.45, 7) is 9.24. The molecule has 0 aromatic carbocycles. The van der Waals surface area contributed by atoms with Gasteiger partial charge in [-0.25, -0.2) is 0 Å². The van der Waals surface area contributed by atoms with Crippen molar-refractivity contribution in [2.45, 2.75) is 52.1 Å². The minimum atomic E-state index is -0.296. The minimum Gasteiger partial charge on any atom is -0.368 e. The van der Waals surface area contributed by atoms with Crippen LogP contribution in [0.5, 0.6) is 0 Å². The van der Waals surface area contributed by atoms with E-state index in [9.17, 15) is 4.79 Å². The third-order valence-corrected chi connectivity index (χ3v) is 4.46. The molecule has 4 nitrogen and oxygen atoms in total. The molecule has 20 heavy (non-hydrogen) atoms. The van der Waals surface area contributed by atoms with Crippen LogP contribution >= 0.6 is 0 Å². The topological polar surface area (TPSA) is 41.6 Å². The van der Waals surface area contributed by atoms with Crippen LogP contribution in [-0.2, 0) is 9.53 Å². The van der Waals surface area contributed by atoms with Crippen molar-refractivity contribution in [3.63, 3.8) is 0 Å². The molecule has 0 spiro atoms. The number of carbonyl (C=O) groups is 1. The van der Waals surface area contributed by atoms with Gasteiger partial charge in [-0.05, 0) is 70.5 Å². The molecule has 0 unspecified atom stereocenters. The predicted molar refractivity (Wildman–Crippen MR) is 80.6 cm³/mol. The summed E-state index contributed by atoms with van der Waals surface area (Å²) in [6, 6.07) is 0. The summed E-state index contributed by atoms with van der Waals surface area (Å²) >= 11 is 0. The number of carbonyl (C=O) groups excluding carboxylic acids is 1. The van der Waals surface area contributed by atoms with Gasteiger partial charge >= 0.3 is 0 Å². The SMILES string of the molecule is CCCN1CCC(CNC(=O)[C@@H](C)OCC2CC2)CC1. The Bertz CT molecular complexity index is 297. The lowest BCUT2D eigenvalue weighted by Gasteiger charge is -2.31. The van der Waals surface area contributed by atoms with E-state index in [-0.39, 0.29) is 12.0 Å². The van der Waals surface area contributed by atoms with Gasteiger partial charge in [0.25, 0.3) is 0 Å². The Morgan fingerprint density at radius 2 is 1.95 bits per heavy atom. The first-order valence-electron chi connectivity index (χ1n) is 8.30. The van der Waals surface area contributed by atoms with Crippen LogP contribution in [0, 0.1) is 11.8 Å². The van der Waals surface area contributed by atoms with Crippen molar-refractivity contribution in [2.75, 3.05) is 32.8 Å². The Kier molecular flexibility index (Phi) is 6.30. The Labute approximate surface area is 123 Å². The Morgan fingerprint density at radius 3 is 2.55 bits per heavy atom. The van der Waals surface area contributed by atoms with Gasteiger partial charge in [-0.3, -0.25) is 4.79 Å². The molecule has 0 bridgehead atoms. The summed E-state index contributed by atoms with van der Waals surface area (Å²) < 4.78 is 5.60. The number of nitrogens with zero attached hydrogens (tertiary/aromatic N) is 1. The van der Waals surface area contributed by atoms with E-state index >= 15 is 0 Å². The fourth-order valence-electron chi connectivity index (χ4n) is 2.76. The van der Waals surface area contributed by atoms with Crippen LogP contribution in [0.1, 0.15) is 46.0 Å². The lowest BCUT2D eigenvalue weighted by Crippen LogP contribution is -2.41. The number of hydrogen-bond donors (Lipinski definition) is 1. The molecule has 1 atom stereocenters. The van der Waals surface area contributed by atoms with Gasteiger partial charge in [0.1, 0.15) is 6.10 Å². The number of nitrogens with one attached hydrogen (secondary N) is 1. The van der Waals surface area contributed by atoms with Crippen LogP contribution in [0.3, 0.4) is 0 Å². The van der Waals surface area contributed by atoms with E-state index in [1.54, 1.807) is 0 Å². The number of hydrogen-bond acceptors (Lipinski definition) is 3. The largest absolute Gasteiger partial charge is 0.368 e. The zero-order valence-electron chi connectivity index (χ0n) is 13.1. The third-order valence-electron chi connectivity index (χ3n) is 4.46. The van der Waals surface area contributed by atoms with E-state index in [1.807, 2.05) is 6.92 Å². The normalized spacial score (nSPS) is 22.7. The van der Waals surface area contributed by atoms with Crippen LogP contribution in [0.2, 0.25) is 0 Å². The number of likely N-dealkylation sites (tertiary alicyclic amines) is 1. The Hall–Kier alpha value is -0.610. The molecule has 1 aliphatic carbocycles. The van der Waals surface area contributed by atoms with Crippen molar-refractivity contribution in [1.82, 2.24) is 10.2 Å². The highest BCUT2D eigenvalue weighted by Crippen LogP contribution is 2.29. The summed E-state index contributed by atoms with van der Waals surface area (Å²) in [6.07, 6.45) is 5.89. The molecule has 2 rings (SSSR count). The second kappa shape index (κ2) is 7.99. The van der Waals surface area contributed by atoms with E-state index in [0.29, 0.717) is 11.8 Å². The van der Waals surface area contributed by atoms with Crippen molar-refractivity contribution in [3.05, 3.63) is 0 Å². The molecule has 1 saturated carbocycles. The van der Waals surface area contributed by atoms with Crippen molar-refractivity contribution in [3.8, 4) is 0 Å². The maximum atomic E-state index is 11.9. The fraction of sp³-hybridized carbons (Fsp3) is 0.938. The molecule has 4 heteroatoms. The molecular weight excluding hydrogens is 252 g/mol. The molecule has 1 N–H and O–H groups in total. The highest BCUT2D eigenvalue weighted by molar-refractivity contribution is 5.80. The van der Waals surface area contributed by atoms with Crippen LogP contribution < -0.4 is 5.32 Å². The molecular formula is C16H30N2O2. The summed E-state index contributed by atoms with van der Waals surface area (Å²) in [4.78, 5) is 14.5. The highest BCUT2D eigenvalue weighted by Gasteiger charge is 2.24. The monoisotopic (exact) mass is 282 g/mol. The van der Waals surface area contributed by atoms with Gasteiger partial charge in [-0.1, -0.05) is 6.92 Å². The average molecular weight is 282 g/mol. The number of piperidine rings is 1. The van der Waals surface area contributed by atoms with Gasteiger partial charge < -0.3 is 15.0 Å². The minimum absolute atomic E-state index is 0.0571. The molecule has 0 aromatic rings. The molecule has 1 saturated heterocycles. The summed E-state index contributed by atoms with van der Waals surface area (Å²) in [5.41, 5.74) is 0. The lowest BCUT2D eigenvalue weighted by atomic mass is 9.96. The molecule has 2 aliphatic rings. The van der Waals surface area contributed by atoms with Crippen LogP contribution in [0.15, 0.2) is 0 Å². The smallest absolute Gasteiger partial charge is 0.248 e. The number of rotatable bonds is 8. The first-order chi connectivity index (χ1) is 9.69. The second-order valence-corrected chi connectivity index (χ2v) is 6.45. The zero-order chi connectivity index (χ0) is 14.4. The van der Waals surface area contributed by atoms with Crippen molar-refractivity contribution in [2.24, 2.45) is 11.8 Å². The average Bonchev–Trinajstić information content (AvgIpc) is 3.28. The van der Waals surface area contributed by atoms with Crippen LogP contribution in [-0.4, -0.2) is 49.7 Å². The van der Waals surface area contributed by atoms with E-state index in [0.717, 1.165) is 13.2 Å². The molecule has 1 heterocycles. The van der Waals surface area contributed by atoms with Crippen LogP contribution in [0.4, 0.5) is 0 Å². The molecule has 1 amide bonds. The molecule has 0 radical (unpaired) electrons. The van der Waals surface area contributed by atoms with Crippen molar-refractivity contribution in [1.29, 1.82) is 0 Å². The standard InChI is InChI=1S/C16H30N2O2/c1-3-8-18-9-6-14(7-10-18)11-17-16(19)13(2)20-12-15-4-5-15/h13-15H,3-12H2,1-2H3,(H,17,19)/t13-/m1/s1. The third kappa shape index (κ3) is 5.41.